The Bertz CT molecular complexity index is 978. The van der Waals surface area contributed by atoms with E-state index in [2.05, 4.69) is 4.99 Å². The van der Waals surface area contributed by atoms with Crippen LogP contribution in [0.1, 0.15) is 18.1 Å². The number of halogens is 1. The standard InChI is InChI=1S/C19H13ClN2O4/c1-12(9-13-5-3-2-4-6-13)10-17-19(23)26-18(21-17)15-8-7-14(22(24)25)11-16(15)20/h2-11H,1H3/b12-9+,17-10-. The van der Waals surface area contributed by atoms with Crippen molar-refractivity contribution in [2.45, 2.75) is 6.92 Å². The summed E-state index contributed by atoms with van der Waals surface area (Å²) in [5.41, 5.74) is 2.12. The van der Waals surface area contributed by atoms with Crippen LogP contribution in [0, 0.1) is 10.1 Å². The number of nitrogens with zero attached hydrogens (tertiary/aromatic N) is 2. The summed E-state index contributed by atoms with van der Waals surface area (Å²) in [5.74, 6) is -0.580. The van der Waals surface area contributed by atoms with E-state index in [4.69, 9.17) is 16.3 Å². The fourth-order valence-electron chi connectivity index (χ4n) is 2.38. The molecule has 0 fully saturated rings. The number of hydrogen-bond acceptors (Lipinski definition) is 5. The molecule has 0 saturated heterocycles. The highest BCUT2D eigenvalue weighted by atomic mass is 35.5. The Balaban J connectivity index is 1.90. The summed E-state index contributed by atoms with van der Waals surface area (Å²) in [4.78, 5) is 26.4. The van der Waals surface area contributed by atoms with Crippen LogP contribution >= 0.6 is 11.6 Å². The summed E-state index contributed by atoms with van der Waals surface area (Å²) in [7, 11) is 0. The molecule has 1 aliphatic heterocycles. The van der Waals surface area contributed by atoms with Crippen molar-refractivity contribution in [2.24, 2.45) is 4.99 Å². The second kappa shape index (κ2) is 7.33. The number of nitro groups is 1. The third kappa shape index (κ3) is 3.87. The number of esters is 1. The molecule has 6 nitrogen and oxygen atoms in total. The van der Waals surface area contributed by atoms with E-state index in [0.29, 0.717) is 5.56 Å². The van der Waals surface area contributed by atoms with Gasteiger partial charge in [-0.1, -0.05) is 48.0 Å². The Morgan fingerprint density at radius 2 is 1.96 bits per heavy atom. The summed E-state index contributed by atoms with van der Waals surface area (Å²) in [6.07, 6.45) is 3.52. The molecule has 130 valence electrons. The van der Waals surface area contributed by atoms with Crippen molar-refractivity contribution in [3.8, 4) is 0 Å². The maximum absolute atomic E-state index is 12.0. The minimum Gasteiger partial charge on any atom is -0.402 e. The lowest BCUT2D eigenvalue weighted by Gasteiger charge is -2.02. The van der Waals surface area contributed by atoms with Crippen molar-refractivity contribution >= 4 is 35.2 Å². The molecule has 3 rings (SSSR count). The SMILES string of the molecule is CC(/C=C1\N=C(c2ccc([N+](=O)[O-])cc2Cl)OC1=O)=C\c1ccccc1. The Morgan fingerprint density at radius 3 is 2.62 bits per heavy atom. The van der Waals surface area contributed by atoms with Gasteiger partial charge in [0.25, 0.3) is 5.69 Å². The van der Waals surface area contributed by atoms with Crippen molar-refractivity contribution in [2.75, 3.05) is 0 Å². The van der Waals surface area contributed by atoms with Gasteiger partial charge < -0.3 is 4.74 Å². The van der Waals surface area contributed by atoms with Crippen LogP contribution in [-0.2, 0) is 9.53 Å². The summed E-state index contributed by atoms with van der Waals surface area (Å²) in [6, 6.07) is 13.5. The van der Waals surface area contributed by atoms with Crippen LogP contribution in [0.15, 0.2) is 70.9 Å². The molecule has 2 aromatic carbocycles. The predicted octanol–water partition coefficient (Wildman–Crippen LogP) is 4.54. The maximum Gasteiger partial charge on any atom is 0.363 e. The van der Waals surface area contributed by atoms with Gasteiger partial charge in [0, 0.05) is 12.1 Å². The van der Waals surface area contributed by atoms with Gasteiger partial charge in [-0.25, -0.2) is 9.79 Å². The highest BCUT2D eigenvalue weighted by Crippen LogP contribution is 2.27. The number of aliphatic imine (C=N–C) groups is 1. The third-order valence-electron chi connectivity index (χ3n) is 3.57. The molecule has 0 unspecified atom stereocenters. The van der Waals surface area contributed by atoms with E-state index in [1.807, 2.05) is 43.3 Å². The van der Waals surface area contributed by atoms with Gasteiger partial charge in [0.1, 0.15) is 0 Å². The zero-order valence-corrected chi connectivity index (χ0v) is 14.4. The molecule has 26 heavy (non-hydrogen) atoms. The Morgan fingerprint density at radius 1 is 1.23 bits per heavy atom. The van der Waals surface area contributed by atoms with Crippen molar-refractivity contribution in [3.63, 3.8) is 0 Å². The van der Waals surface area contributed by atoms with Crippen LogP contribution < -0.4 is 0 Å². The smallest absolute Gasteiger partial charge is 0.363 e. The van der Waals surface area contributed by atoms with Crippen LogP contribution in [0.5, 0.6) is 0 Å². The number of nitro benzene ring substituents is 1. The van der Waals surface area contributed by atoms with E-state index in [1.54, 1.807) is 6.08 Å². The van der Waals surface area contributed by atoms with E-state index in [9.17, 15) is 14.9 Å². The Labute approximate surface area is 154 Å². The first kappa shape index (κ1) is 17.6. The maximum atomic E-state index is 12.0. The molecule has 2 aromatic rings. The van der Waals surface area contributed by atoms with Crippen LogP contribution in [0.2, 0.25) is 5.02 Å². The van der Waals surface area contributed by atoms with E-state index in [1.165, 1.54) is 18.2 Å². The van der Waals surface area contributed by atoms with Crippen LogP contribution in [-0.4, -0.2) is 16.8 Å². The quantitative estimate of drug-likeness (QED) is 0.343. The van der Waals surface area contributed by atoms with Gasteiger partial charge in [-0.05, 0) is 30.2 Å². The van der Waals surface area contributed by atoms with Crippen LogP contribution in [0.25, 0.3) is 6.08 Å². The number of carbonyl (C=O) groups excluding carboxylic acids is 1. The minimum absolute atomic E-state index is 0.0219. The lowest BCUT2D eigenvalue weighted by atomic mass is 10.1. The van der Waals surface area contributed by atoms with Gasteiger partial charge in [-0.2, -0.15) is 0 Å². The second-order valence-electron chi connectivity index (χ2n) is 5.56. The molecule has 0 spiro atoms. The number of rotatable bonds is 4. The van der Waals surface area contributed by atoms with Gasteiger partial charge in [-0.15, -0.1) is 0 Å². The summed E-state index contributed by atoms with van der Waals surface area (Å²) in [6.45, 7) is 1.85. The average molecular weight is 369 g/mol. The second-order valence-corrected chi connectivity index (χ2v) is 5.96. The number of ether oxygens (including phenoxy) is 1. The fourth-order valence-corrected chi connectivity index (χ4v) is 2.64. The molecule has 1 heterocycles. The zero-order valence-electron chi connectivity index (χ0n) is 13.7. The van der Waals surface area contributed by atoms with Gasteiger partial charge >= 0.3 is 5.97 Å². The predicted molar refractivity (Wildman–Crippen MR) is 98.9 cm³/mol. The molecule has 1 aliphatic rings. The first-order valence-electron chi connectivity index (χ1n) is 7.64. The highest BCUT2D eigenvalue weighted by molar-refractivity contribution is 6.34. The topological polar surface area (TPSA) is 81.8 Å². The number of non-ortho nitro benzene ring substituents is 1. The Kier molecular flexibility index (Phi) is 4.95. The fraction of sp³-hybridized carbons (Fsp3) is 0.0526. The number of benzene rings is 2. The summed E-state index contributed by atoms with van der Waals surface area (Å²) < 4.78 is 5.15. The number of hydrogen-bond donors (Lipinski definition) is 0. The largest absolute Gasteiger partial charge is 0.402 e. The average Bonchev–Trinajstić information content (AvgIpc) is 2.95. The molecule has 0 N–H and O–H groups in total. The third-order valence-corrected chi connectivity index (χ3v) is 3.89. The first-order chi connectivity index (χ1) is 12.4. The van der Waals surface area contributed by atoms with E-state index in [0.717, 1.165) is 11.1 Å². The normalized spacial score (nSPS) is 15.8. The molecule has 0 atom stereocenters. The van der Waals surface area contributed by atoms with Gasteiger partial charge in [-0.3, -0.25) is 10.1 Å². The van der Waals surface area contributed by atoms with E-state index < -0.39 is 10.9 Å². The monoisotopic (exact) mass is 368 g/mol. The van der Waals surface area contributed by atoms with Crippen molar-refractivity contribution in [1.29, 1.82) is 0 Å². The van der Waals surface area contributed by atoms with Gasteiger partial charge in [0.05, 0.1) is 15.5 Å². The van der Waals surface area contributed by atoms with E-state index >= 15 is 0 Å². The molecular weight excluding hydrogens is 356 g/mol. The summed E-state index contributed by atoms with van der Waals surface area (Å²) in [5, 5.41) is 10.9. The molecule has 0 saturated carbocycles. The van der Waals surface area contributed by atoms with Crippen molar-refractivity contribution in [1.82, 2.24) is 0 Å². The van der Waals surface area contributed by atoms with Gasteiger partial charge in [0.15, 0.2) is 5.70 Å². The molecule has 0 amide bonds. The van der Waals surface area contributed by atoms with E-state index in [-0.39, 0.29) is 22.3 Å². The molecule has 7 heteroatoms. The minimum atomic E-state index is -0.602. The first-order valence-corrected chi connectivity index (χ1v) is 8.02. The lowest BCUT2D eigenvalue weighted by Crippen LogP contribution is -2.06. The number of carbonyl (C=O) groups is 1. The van der Waals surface area contributed by atoms with Crippen LogP contribution in [0.4, 0.5) is 5.69 Å². The number of cyclic esters (lactones) is 1. The highest BCUT2D eigenvalue weighted by Gasteiger charge is 2.26. The van der Waals surface area contributed by atoms with Gasteiger partial charge in [0.2, 0.25) is 5.90 Å². The molecule has 0 bridgehead atoms. The van der Waals surface area contributed by atoms with Crippen LogP contribution in [0.3, 0.4) is 0 Å². The lowest BCUT2D eigenvalue weighted by molar-refractivity contribution is -0.384. The van der Waals surface area contributed by atoms with Crippen molar-refractivity contribution in [3.05, 3.63) is 92.1 Å². The zero-order chi connectivity index (χ0) is 18.7. The Hall–Kier alpha value is -3.25. The molecular formula is C19H13ClN2O4. The van der Waals surface area contributed by atoms with Crippen molar-refractivity contribution < 1.29 is 14.5 Å². The summed E-state index contributed by atoms with van der Waals surface area (Å²) >= 11 is 6.05. The molecule has 0 aliphatic carbocycles. The molecule has 0 radical (unpaired) electrons. The number of allylic oxidation sites excluding steroid dienone is 2. The molecule has 0 aromatic heterocycles.